The minimum Gasteiger partial charge on any atom is -0.507 e. The normalized spacial score (nSPS) is 19.6. The van der Waals surface area contributed by atoms with E-state index in [0.29, 0.717) is 35.5 Å². The Bertz CT molecular complexity index is 1260. The Labute approximate surface area is 172 Å². The number of phenols is 1. The van der Waals surface area contributed by atoms with Crippen LogP contribution < -0.4 is 14.9 Å². The molecule has 0 fully saturated rings. The van der Waals surface area contributed by atoms with Crippen molar-refractivity contribution in [2.24, 2.45) is 0 Å². The molecule has 7 nitrogen and oxygen atoms in total. The van der Waals surface area contributed by atoms with E-state index in [9.17, 15) is 15.0 Å². The number of phenolic OH excluding ortho intramolecular Hbond substituents is 1. The highest BCUT2D eigenvalue weighted by Crippen LogP contribution is 2.50. The van der Waals surface area contributed by atoms with Crippen LogP contribution in [0.5, 0.6) is 17.2 Å². The highest BCUT2D eigenvalue weighted by molar-refractivity contribution is 5.98. The van der Waals surface area contributed by atoms with E-state index in [1.807, 2.05) is 6.08 Å². The van der Waals surface area contributed by atoms with Gasteiger partial charge in [-0.25, -0.2) is 0 Å². The van der Waals surface area contributed by atoms with Crippen molar-refractivity contribution in [3.63, 3.8) is 0 Å². The van der Waals surface area contributed by atoms with Crippen LogP contribution >= 0.6 is 0 Å². The Kier molecular flexibility index (Phi) is 4.02. The van der Waals surface area contributed by atoms with Gasteiger partial charge in [0.2, 0.25) is 5.43 Å². The van der Waals surface area contributed by atoms with Crippen molar-refractivity contribution in [3.8, 4) is 17.2 Å². The zero-order chi connectivity index (χ0) is 21.2. The van der Waals surface area contributed by atoms with Crippen LogP contribution in [0.4, 0.5) is 0 Å². The first-order chi connectivity index (χ1) is 14.3. The van der Waals surface area contributed by atoms with Gasteiger partial charge < -0.3 is 28.8 Å². The number of hydrogen-bond acceptors (Lipinski definition) is 7. The zero-order valence-corrected chi connectivity index (χ0v) is 16.9. The Morgan fingerprint density at radius 1 is 1.23 bits per heavy atom. The molecule has 0 aliphatic carbocycles. The Balaban J connectivity index is 1.80. The van der Waals surface area contributed by atoms with Crippen LogP contribution in [0.3, 0.4) is 0 Å². The predicted molar refractivity (Wildman–Crippen MR) is 110 cm³/mol. The minimum absolute atomic E-state index is 0.0997. The molecule has 2 atom stereocenters. The molecule has 0 amide bonds. The topological polar surface area (TPSA) is 98.4 Å². The summed E-state index contributed by atoms with van der Waals surface area (Å²) in [5, 5.41) is 20.9. The van der Waals surface area contributed by atoms with Crippen LogP contribution in [-0.4, -0.2) is 29.2 Å². The summed E-state index contributed by atoms with van der Waals surface area (Å²) in [5.41, 5.74) is 0.820. The molecule has 2 aromatic carbocycles. The number of ether oxygens (including phenoxy) is 3. The third-order valence-corrected chi connectivity index (χ3v) is 5.71. The first-order valence-corrected chi connectivity index (χ1v) is 9.82. The van der Waals surface area contributed by atoms with Crippen molar-refractivity contribution in [1.29, 1.82) is 0 Å². The van der Waals surface area contributed by atoms with Crippen LogP contribution in [0.2, 0.25) is 0 Å². The summed E-state index contributed by atoms with van der Waals surface area (Å²) in [6, 6.07) is 4.87. The lowest BCUT2D eigenvalue weighted by Gasteiger charge is -2.17. The highest BCUT2D eigenvalue weighted by Gasteiger charge is 2.41. The van der Waals surface area contributed by atoms with E-state index < -0.39 is 11.9 Å². The second kappa shape index (κ2) is 6.40. The molecule has 5 rings (SSSR count). The van der Waals surface area contributed by atoms with E-state index in [0.717, 1.165) is 11.1 Å². The molecule has 3 heterocycles. The number of fused-ring (bicyclic) bond motifs is 5. The monoisotopic (exact) mass is 410 g/mol. The number of aryl methyl sites for hydroxylation is 1. The highest BCUT2D eigenvalue weighted by atomic mass is 16.7. The number of aromatic hydroxyl groups is 1. The second-order valence-corrected chi connectivity index (χ2v) is 8.36. The van der Waals surface area contributed by atoms with Gasteiger partial charge in [-0.3, -0.25) is 4.79 Å². The molecule has 2 N–H and O–H groups in total. The summed E-state index contributed by atoms with van der Waals surface area (Å²) >= 11 is 0. The van der Waals surface area contributed by atoms with Crippen molar-refractivity contribution in [1.82, 2.24) is 0 Å². The number of rotatable bonds is 4. The first kappa shape index (κ1) is 18.8. The lowest BCUT2D eigenvalue weighted by Crippen LogP contribution is -2.19. The quantitative estimate of drug-likeness (QED) is 0.633. The molecule has 2 aliphatic rings. The Hall–Kier alpha value is -3.19. The van der Waals surface area contributed by atoms with E-state index >= 15 is 0 Å². The third kappa shape index (κ3) is 2.73. The molecule has 3 aromatic rings. The fourth-order valence-electron chi connectivity index (χ4n) is 4.21. The molecule has 0 radical (unpaired) electrons. The summed E-state index contributed by atoms with van der Waals surface area (Å²) in [6.45, 7) is 3.44. The van der Waals surface area contributed by atoms with E-state index in [-0.39, 0.29) is 27.9 Å². The molecule has 30 heavy (non-hydrogen) atoms. The fraction of sp³-hybridized carbons (Fsp3) is 0.348. The minimum atomic E-state index is -0.870. The maximum atomic E-state index is 13.5. The van der Waals surface area contributed by atoms with Crippen molar-refractivity contribution in [2.45, 2.75) is 44.5 Å². The van der Waals surface area contributed by atoms with Gasteiger partial charge in [0.1, 0.15) is 39.2 Å². The third-order valence-electron chi connectivity index (χ3n) is 5.71. The van der Waals surface area contributed by atoms with E-state index in [1.165, 1.54) is 13.2 Å². The summed E-state index contributed by atoms with van der Waals surface area (Å²) in [4.78, 5) is 13.5. The van der Waals surface area contributed by atoms with Gasteiger partial charge in [-0.1, -0.05) is 6.07 Å². The number of benzene rings is 2. The zero-order valence-electron chi connectivity index (χ0n) is 16.9. The van der Waals surface area contributed by atoms with Crippen molar-refractivity contribution < 1.29 is 28.8 Å². The maximum absolute atomic E-state index is 13.5. The van der Waals surface area contributed by atoms with Crippen LogP contribution in [0.15, 0.2) is 39.7 Å². The molecule has 0 unspecified atom stereocenters. The average molecular weight is 410 g/mol. The van der Waals surface area contributed by atoms with Crippen LogP contribution in [0, 0.1) is 0 Å². The summed E-state index contributed by atoms with van der Waals surface area (Å²) in [6.07, 6.45) is 3.89. The molecule has 7 heteroatoms. The van der Waals surface area contributed by atoms with E-state index in [2.05, 4.69) is 0 Å². The van der Waals surface area contributed by atoms with Gasteiger partial charge in [-0.05, 0) is 44.4 Å². The van der Waals surface area contributed by atoms with Crippen LogP contribution in [0.25, 0.3) is 21.9 Å². The van der Waals surface area contributed by atoms with E-state index in [1.54, 1.807) is 32.2 Å². The van der Waals surface area contributed by atoms with Gasteiger partial charge in [-0.2, -0.15) is 0 Å². The van der Waals surface area contributed by atoms with Crippen molar-refractivity contribution in [3.05, 3.63) is 51.9 Å². The summed E-state index contributed by atoms with van der Waals surface area (Å²) in [5.74, 6) is 0.566. The van der Waals surface area contributed by atoms with Gasteiger partial charge in [-0.15, -0.1) is 0 Å². The molecular formula is C23H22O7. The fourth-order valence-corrected chi connectivity index (χ4v) is 4.21. The molecule has 0 bridgehead atoms. The van der Waals surface area contributed by atoms with Gasteiger partial charge in [0, 0.05) is 6.07 Å². The van der Waals surface area contributed by atoms with Crippen LogP contribution in [0.1, 0.15) is 37.3 Å². The number of hydrogen-bond donors (Lipinski definition) is 2. The molecule has 0 saturated heterocycles. The van der Waals surface area contributed by atoms with Gasteiger partial charge in [0.05, 0.1) is 30.5 Å². The van der Waals surface area contributed by atoms with Crippen molar-refractivity contribution in [2.75, 3.05) is 7.11 Å². The molecule has 0 spiro atoms. The van der Waals surface area contributed by atoms with Crippen LogP contribution in [-0.2, 0) is 11.2 Å². The first-order valence-electron chi connectivity index (χ1n) is 9.82. The van der Waals surface area contributed by atoms with Crippen molar-refractivity contribution >= 4 is 21.9 Å². The lowest BCUT2D eigenvalue weighted by atomic mass is 9.95. The molecular weight excluding hydrogens is 388 g/mol. The summed E-state index contributed by atoms with van der Waals surface area (Å²) in [7, 11) is 1.49. The standard InChI is InChI=1S/C23H22O7/c1-23(2,26)8-6-11-4-5-13(24)17-19(25)18-15(29-20(11)17)10-14-16(21(18)27-3)12-7-9-28-22(12)30-14/h4-5,7,9-10,12,22,24,26H,6,8H2,1-3H3/t12-,22-/m1/s1. The van der Waals surface area contributed by atoms with Gasteiger partial charge in [0.15, 0.2) is 0 Å². The second-order valence-electron chi connectivity index (χ2n) is 8.36. The van der Waals surface area contributed by atoms with Gasteiger partial charge in [0.25, 0.3) is 6.29 Å². The van der Waals surface area contributed by atoms with Gasteiger partial charge >= 0.3 is 0 Å². The SMILES string of the molecule is COc1c2c(cc3oc4c(CCC(C)(C)O)ccc(O)c4c(=O)c13)O[C@H]1OC=C[C@H]21. The predicted octanol–water partition coefficient (Wildman–Crippen LogP) is 3.71. The molecule has 1 aromatic heterocycles. The Morgan fingerprint density at radius 2 is 2.03 bits per heavy atom. The molecule has 156 valence electrons. The Morgan fingerprint density at radius 3 is 2.77 bits per heavy atom. The summed E-state index contributed by atoms with van der Waals surface area (Å²) < 4.78 is 23.1. The largest absolute Gasteiger partial charge is 0.507 e. The maximum Gasteiger partial charge on any atom is 0.250 e. The smallest absolute Gasteiger partial charge is 0.250 e. The number of aliphatic hydroxyl groups is 1. The molecule has 2 aliphatic heterocycles. The number of methoxy groups -OCH3 is 1. The van der Waals surface area contributed by atoms with E-state index in [4.69, 9.17) is 18.6 Å². The lowest BCUT2D eigenvalue weighted by molar-refractivity contribution is -0.00481. The molecule has 0 saturated carbocycles. The average Bonchev–Trinajstić information content (AvgIpc) is 3.26.